The van der Waals surface area contributed by atoms with Gasteiger partial charge in [0.1, 0.15) is 18.1 Å². The molecular weight excluding hydrogens is 454 g/mol. The third-order valence-electron chi connectivity index (χ3n) is 6.62. The van der Waals surface area contributed by atoms with Gasteiger partial charge >= 0.3 is 6.03 Å². The first kappa shape index (κ1) is 25.5. The highest BCUT2D eigenvalue weighted by Gasteiger charge is 2.27. The van der Waals surface area contributed by atoms with Crippen molar-refractivity contribution in [3.8, 4) is 0 Å². The molecule has 1 aliphatic heterocycles. The van der Waals surface area contributed by atoms with Crippen LogP contribution < -0.4 is 5.32 Å². The number of hydrogen-bond donors (Lipinski definition) is 1. The number of carbonyl (C=O) groups excluding carboxylic acids is 2. The highest BCUT2D eigenvalue weighted by molar-refractivity contribution is 5.93. The molecular formula is C29H35N3O4. The topological polar surface area (TPSA) is 75.0 Å². The van der Waals surface area contributed by atoms with E-state index in [1.54, 1.807) is 9.80 Å². The van der Waals surface area contributed by atoms with Crippen LogP contribution in [0.15, 0.2) is 65.1 Å². The van der Waals surface area contributed by atoms with E-state index in [1.165, 1.54) is 0 Å². The summed E-state index contributed by atoms with van der Waals surface area (Å²) in [6.45, 7) is 7.62. The predicted octanol–water partition coefficient (Wildman–Crippen LogP) is 5.45. The van der Waals surface area contributed by atoms with E-state index in [9.17, 15) is 9.59 Å². The number of rotatable bonds is 9. The van der Waals surface area contributed by atoms with E-state index in [0.29, 0.717) is 32.0 Å². The van der Waals surface area contributed by atoms with Crippen molar-refractivity contribution in [2.24, 2.45) is 0 Å². The SMILES string of the molecule is Cc1ccc(CN(Cc2ccccc2)C(=O)CN(CC2CCCO2)C(=O)Nc2cccc(C)c2C)o1. The van der Waals surface area contributed by atoms with E-state index in [4.69, 9.17) is 9.15 Å². The van der Waals surface area contributed by atoms with E-state index in [-0.39, 0.29) is 24.6 Å². The van der Waals surface area contributed by atoms with Crippen LogP contribution in [0.5, 0.6) is 0 Å². The van der Waals surface area contributed by atoms with Gasteiger partial charge < -0.3 is 24.3 Å². The number of furan rings is 1. The molecule has 1 N–H and O–H groups in total. The van der Waals surface area contributed by atoms with E-state index in [2.05, 4.69) is 5.32 Å². The maximum atomic E-state index is 13.6. The van der Waals surface area contributed by atoms with Gasteiger partial charge in [0.15, 0.2) is 0 Å². The Balaban J connectivity index is 1.53. The number of anilines is 1. The molecule has 0 bridgehead atoms. The highest BCUT2D eigenvalue weighted by Crippen LogP contribution is 2.20. The van der Waals surface area contributed by atoms with E-state index in [1.807, 2.05) is 81.4 Å². The van der Waals surface area contributed by atoms with Crippen LogP contribution in [0, 0.1) is 20.8 Å². The third-order valence-corrected chi connectivity index (χ3v) is 6.62. The minimum absolute atomic E-state index is 0.0525. The number of benzene rings is 2. The molecule has 2 aromatic carbocycles. The minimum atomic E-state index is -0.305. The molecule has 3 aromatic rings. The molecule has 2 heterocycles. The van der Waals surface area contributed by atoms with Crippen molar-refractivity contribution in [2.75, 3.05) is 25.0 Å². The summed E-state index contributed by atoms with van der Waals surface area (Å²) in [5.41, 5.74) is 3.86. The maximum absolute atomic E-state index is 13.6. The summed E-state index contributed by atoms with van der Waals surface area (Å²) in [6, 6.07) is 19.1. The summed E-state index contributed by atoms with van der Waals surface area (Å²) in [6.07, 6.45) is 1.77. The average molecular weight is 490 g/mol. The molecule has 190 valence electrons. The monoisotopic (exact) mass is 489 g/mol. The lowest BCUT2D eigenvalue weighted by Gasteiger charge is -2.29. The molecule has 7 heteroatoms. The number of hydrogen-bond acceptors (Lipinski definition) is 4. The van der Waals surface area contributed by atoms with Crippen LogP contribution >= 0.6 is 0 Å². The fourth-order valence-electron chi connectivity index (χ4n) is 4.39. The number of aryl methyl sites for hydroxylation is 2. The van der Waals surface area contributed by atoms with Crippen molar-refractivity contribution in [3.05, 3.63) is 88.9 Å². The Hall–Kier alpha value is -3.58. The lowest BCUT2D eigenvalue weighted by molar-refractivity contribution is -0.133. The molecule has 0 aliphatic carbocycles. The zero-order chi connectivity index (χ0) is 25.5. The maximum Gasteiger partial charge on any atom is 0.322 e. The molecule has 1 atom stereocenters. The zero-order valence-electron chi connectivity index (χ0n) is 21.3. The van der Waals surface area contributed by atoms with Gasteiger partial charge in [-0.1, -0.05) is 42.5 Å². The van der Waals surface area contributed by atoms with Crippen LogP contribution in [-0.4, -0.2) is 47.5 Å². The van der Waals surface area contributed by atoms with E-state index >= 15 is 0 Å². The number of urea groups is 1. The molecule has 0 radical (unpaired) electrons. The van der Waals surface area contributed by atoms with Crippen LogP contribution in [0.3, 0.4) is 0 Å². The smallest absolute Gasteiger partial charge is 0.322 e. The normalized spacial score (nSPS) is 15.0. The molecule has 1 aromatic heterocycles. The molecule has 0 saturated carbocycles. The summed E-state index contributed by atoms with van der Waals surface area (Å²) < 4.78 is 11.6. The van der Waals surface area contributed by atoms with Crippen molar-refractivity contribution in [1.82, 2.24) is 9.80 Å². The summed E-state index contributed by atoms with van der Waals surface area (Å²) in [4.78, 5) is 30.4. The first-order valence-corrected chi connectivity index (χ1v) is 12.5. The first-order valence-electron chi connectivity index (χ1n) is 12.5. The van der Waals surface area contributed by atoms with Crippen molar-refractivity contribution in [3.63, 3.8) is 0 Å². The van der Waals surface area contributed by atoms with Crippen LogP contribution in [0.2, 0.25) is 0 Å². The lowest BCUT2D eigenvalue weighted by atomic mass is 10.1. The minimum Gasteiger partial charge on any atom is -0.464 e. The van der Waals surface area contributed by atoms with Gasteiger partial charge in [0.25, 0.3) is 0 Å². The molecule has 36 heavy (non-hydrogen) atoms. The Morgan fingerprint density at radius 1 is 0.944 bits per heavy atom. The molecule has 3 amide bonds. The summed E-state index contributed by atoms with van der Waals surface area (Å²) >= 11 is 0. The molecule has 1 aliphatic rings. The van der Waals surface area contributed by atoms with Crippen LogP contribution in [0.25, 0.3) is 0 Å². The largest absolute Gasteiger partial charge is 0.464 e. The van der Waals surface area contributed by atoms with Gasteiger partial charge in [-0.3, -0.25) is 4.79 Å². The van der Waals surface area contributed by atoms with Crippen molar-refractivity contribution in [2.45, 2.75) is 52.8 Å². The molecule has 1 fully saturated rings. The number of carbonyl (C=O) groups is 2. The Bertz CT molecular complexity index is 1170. The third kappa shape index (κ3) is 6.76. The van der Waals surface area contributed by atoms with Gasteiger partial charge in [0.05, 0.1) is 12.6 Å². The molecule has 1 saturated heterocycles. The lowest BCUT2D eigenvalue weighted by Crippen LogP contribution is -2.47. The average Bonchev–Trinajstić information content (AvgIpc) is 3.53. The quantitative estimate of drug-likeness (QED) is 0.434. The van der Waals surface area contributed by atoms with Crippen LogP contribution in [0.4, 0.5) is 10.5 Å². The second-order valence-electron chi connectivity index (χ2n) is 9.44. The summed E-state index contributed by atoms with van der Waals surface area (Å²) in [5.74, 6) is 1.36. The van der Waals surface area contributed by atoms with Crippen LogP contribution in [0.1, 0.15) is 41.1 Å². The van der Waals surface area contributed by atoms with Crippen LogP contribution in [-0.2, 0) is 22.6 Å². The van der Waals surface area contributed by atoms with Crippen molar-refractivity contribution in [1.29, 1.82) is 0 Å². The standard InChI is InChI=1S/C29H35N3O4/c1-21-9-7-13-27(23(21)3)30-29(34)32(18-25-12-8-16-35-25)20-28(33)31(17-24-10-5-4-6-11-24)19-26-15-14-22(2)36-26/h4-7,9-11,13-15,25H,8,12,16-20H2,1-3H3,(H,30,34). The van der Waals surface area contributed by atoms with Gasteiger partial charge in [-0.2, -0.15) is 0 Å². The molecule has 1 unspecified atom stereocenters. The summed E-state index contributed by atoms with van der Waals surface area (Å²) in [5, 5.41) is 3.01. The van der Waals surface area contributed by atoms with Crippen molar-refractivity contribution < 1.29 is 18.7 Å². The Kier molecular flexibility index (Phi) is 8.44. The Morgan fingerprint density at radius 2 is 1.75 bits per heavy atom. The highest BCUT2D eigenvalue weighted by atomic mass is 16.5. The van der Waals surface area contributed by atoms with Crippen molar-refractivity contribution >= 4 is 17.6 Å². The number of ether oxygens (including phenoxy) is 1. The summed E-state index contributed by atoms with van der Waals surface area (Å²) in [7, 11) is 0. The number of amides is 3. The Morgan fingerprint density at radius 3 is 2.44 bits per heavy atom. The van der Waals surface area contributed by atoms with Gasteiger partial charge in [-0.15, -0.1) is 0 Å². The van der Waals surface area contributed by atoms with Gasteiger partial charge in [-0.25, -0.2) is 4.79 Å². The van der Waals surface area contributed by atoms with Gasteiger partial charge in [-0.05, 0) is 68.5 Å². The predicted molar refractivity (Wildman–Crippen MR) is 140 cm³/mol. The zero-order valence-corrected chi connectivity index (χ0v) is 21.3. The number of nitrogens with one attached hydrogen (secondary N) is 1. The van der Waals surface area contributed by atoms with E-state index in [0.717, 1.165) is 41.0 Å². The first-order chi connectivity index (χ1) is 17.4. The molecule has 7 nitrogen and oxygen atoms in total. The van der Waals surface area contributed by atoms with Gasteiger partial charge in [0, 0.05) is 25.4 Å². The Labute approximate surface area is 213 Å². The molecule has 4 rings (SSSR count). The second kappa shape index (κ2) is 11.9. The molecule has 0 spiro atoms. The second-order valence-corrected chi connectivity index (χ2v) is 9.44. The fourth-order valence-corrected chi connectivity index (χ4v) is 4.39. The fraction of sp³-hybridized carbons (Fsp3) is 0.379. The number of nitrogens with zero attached hydrogens (tertiary/aromatic N) is 2. The van der Waals surface area contributed by atoms with E-state index < -0.39 is 0 Å². The van der Waals surface area contributed by atoms with Gasteiger partial charge in [0.2, 0.25) is 5.91 Å².